The standard InChI is InChI=1S/C17H31N3/c1-5-14-11-15(20(6-2)19-14)12-17(13-18)9-7-16(3,4)8-10-17/h11H,5-10,12-13,18H2,1-4H3. The quantitative estimate of drug-likeness (QED) is 0.894. The highest BCUT2D eigenvalue weighted by molar-refractivity contribution is 5.13. The van der Waals surface area contributed by atoms with Gasteiger partial charge in [-0.05, 0) is 68.9 Å². The summed E-state index contributed by atoms with van der Waals surface area (Å²) in [5, 5.41) is 4.68. The molecule has 0 radical (unpaired) electrons. The molecule has 20 heavy (non-hydrogen) atoms. The minimum absolute atomic E-state index is 0.299. The molecule has 1 saturated carbocycles. The second kappa shape index (κ2) is 5.88. The molecule has 0 spiro atoms. The first-order chi connectivity index (χ1) is 9.43. The lowest BCUT2D eigenvalue weighted by Crippen LogP contribution is -2.39. The van der Waals surface area contributed by atoms with Gasteiger partial charge in [0.25, 0.3) is 0 Å². The highest BCUT2D eigenvalue weighted by atomic mass is 15.3. The first-order valence-electron chi connectivity index (χ1n) is 8.19. The molecule has 3 heteroatoms. The van der Waals surface area contributed by atoms with Crippen LogP contribution in [0.2, 0.25) is 0 Å². The van der Waals surface area contributed by atoms with Crippen LogP contribution in [0.15, 0.2) is 6.07 Å². The summed E-state index contributed by atoms with van der Waals surface area (Å²) >= 11 is 0. The van der Waals surface area contributed by atoms with Gasteiger partial charge in [0.05, 0.1) is 5.69 Å². The maximum Gasteiger partial charge on any atom is 0.0624 e. The van der Waals surface area contributed by atoms with Crippen LogP contribution in [-0.4, -0.2) is 16.3 Å². The molecule has 0 atom stereocenters. The Kier molecular flexibility index (Phi) is 4.58. The summed E-state index contributed by atoms with van der Waals surface area (Å²) < 4.78 is 2.18. The highest BCUT2D eigenvalue weighted by Gasteiger charge is 2.38. The number of hydrogen-bond donors (Lipinski definition) is 1. The number of rotatable bonds is 5. The fourth-order valence-corrected chi connectivity index (χ4v) is 3.40. The fourth-order valence-electron chi connectivity index (χ4n) is 3.40. The van der Waals surface area contributed by atoms with E-state index >= 15 is 0 Å². The number of aryl methyl sites for hydroxylation is 2. The van der Waals surface area contributed by atoms with Crippen LogP contribution in [0, 0.1) is 10.8 Å². The smallest absolute Gasteiger partial charge is 0.0624 e. The van der Waals surface area contributed by atoms with Crippen molar-refractivity contribution in [2.24, 2.45) is 16.6 Å². The lowest BCUT2D eigenvalue weighted by molar-refractivity contribution is 0.106. The van der Waals surface area contributed by atoms with E-state index in [9.17, 15) is 0 Å². The molecule has 114 valence electrons. The van der Waals surface area contributed by atoms with Crippen LogP contribution < -0.4 is 5.73 Å². The average Bonchev–Trinajstić information content (AvgIpc) is 2.83. The summed E-state index contributed by atoms with van der Waals surface area (Å²) in [6, 6.07) is 2.29. The van der Waals surface area contributed by atoms with Crippen molar-refractivity contribution in [2.45, 2.75) is 72.8 Å². The zero-order valence-electron chi connectivity index (χ0n) is 13.7. The molecule has 1 aromatic rings. The van der Waals surface area contributed by atoms with Gasteiger partial charge in [0.2, 0.25) is 0 Å². The van der Waals surface area contributed by atoms with Gasteiger partial charge in [-0.15, -0.1) is 0 Å². The summed E-state index contributed by atoms with van der Waals surface area (Å²) in [5.74, 6) is 0. The van der Waals surface area contributed by atoms with Crippen molar-refractivity contribution in [3.05, 3.63) is 17.5 Å². The minimum Gasteiger partial charge on any atom is -0.330 e. The summed E-state index contributed by atoms with van der Waals surface area (Å²) in [6.45, 7) is 10.9. The van der Waals surface area contributed by atoms with E-state index in [1.165, 1.54) is 37.1 Å². The van der Waals surface area contributed by atoms with Crippen LogP contribution in [0.5, 0.6) is 0 Å². The van der Waals surface area contributed by atoms with Gasteiger partial charge in [0.15, 0.2) is 0 Å². The number of aromatic nitrogens is 2. The van der Waals surface area contributed by atoms with Gasteiger partial charge in [-0.3, -0.25) is 4.68 Å². The van der Waals surface area contributed by atoms with Crippen LogP contribution in [0.4, 0.5) is 0 Å². The maximum absolute atomic E-state index is 6.18. The number of nitrogens with two attached hydrogens (primary N) is 1. The van der Waals surface area contributed by atoms with Crippen molar-refractivity contribution >= 4 is 0 Å². The highest BCUT2D eigenvalue weighted by Crippen LogP contribution is 2.46. The van der Waals surface area contributed by atoms with E-state index in [4.69, 9.17) is 5.73 Å². The van der Waals surface area contributed by atoms with E-state index < -0.39 is 0 Å². The molecule has 1 aliphatic rings. The van der Waals surface area contributed by atoms with Crippen LogP contribution in [-0.2, 0) is 19.4 Å². The van der Waals surface area contributed by atoms with Crippen molar-refractivity contribution in [3.63, 3.8) is 0 Å². The molecule has 1 aliphatic carbocycles. The van der Waals surface area contributed by atoms with Crippen molar-refractivity contribution < 1.29 is 0 Å². The molecule has 2 rings (SSSR count). The van der Waals surface area contributed by atoms with Gasteiger partial charge in [0.1, 0.15) is 0 Å². The predicted octanol–water partition coefficient (Wildman–Crippen LogP) is 3.55. The Hall–Kier alpha value is -0.830. The van der Waals surface area contributed by atoms with Gasteiger partial charge in [-0.25, -0.2) is 0 Å². The molecule has 0 amide bonds. The zero-order chi connectivity index (χ0) is 14.8. The van der Waals surface area contributed by atoms with Crippen molar-refractivity contribution in [2.75, 3.05) is 6.54 Å². The second-order valence-electron chi connectivity index (χ2n) is 7.34. The third-order valence-corrected chi connectivity index (χ3v) is 5.23. The summed E-state index contributed by atoms with van der Waals surface area (Å²) in [7, 11) is 0. The third kappa shape index (κ3) is 3.25. The van der Waals surface area contributed by atoms with Gasteiger partial charge in [-0.1, -0.05) is 20.8 Å². The average molecular weight is 277 g/mol. The molecular weight excluding hydrogens is 246 g/mol. The third-order valence-electron chi connectivity index (χ3n) is 5.23. The summed E-state index contributed by atoms with van der Waals surface area (Å²) in [4.78, 5) is 0. The van der Waals surface area contributed by atoms with Crippen LogP contribution >= 0.6 is 0 Å². The Bertz CT molecular complexity index is 435. The molecule has 0 unspecified atom stereocenters. The van der Waals surface area contributed by atoms with Crippen LogP contribution in [0.1, 0.15) is 64.8 Å². The Balaban J connectivity index is 2.16. The van der Waals surface area contributed by atoms with E-state index in [0.717, 1.165) is 25.9 Å². The SMILES string of the molecule is CCc1cc(CC2(CN)CCC(C)(C)CC2)n(CC)n1. The zero-order valence-corrected chi connectivity index (χ0v) is 13.7. The monoisotopic (exact) mass is 277 g/mol. The predicted molar refractivity (Wildman–Crippen MR) is 84.7 cm³/mol. The van der Waals surface area contributed by atoms with Crippen molar-refractivity contribution in [1.29, 1.82) is 0 Å². The molecule has 0 aliphatic heterocycles. The minimum atomic E-state index is 0.299. The second-order valence-corrected chi connectivity index (χ2v) is 7.34. The Morgan fingerprint density at radius 2 is 1.85 bits per heavy atom. The van der Waals surface area contributed by atoms with Crippen LogP contribution in [0.25, 0.3) is 0 Å². The molecule has 1 aromatic heterocycles. The van der Waals surface area contributed by atoms with E-state index in [-0.39, 0.29) is 0 Å². The topological polar surface area (TPSA) is 43.8 Å². The van der Waals surface area contributed by atoms with E-state index in [1.807, 2.05) is 0 Å². The molecule has 2 N–H and O–H groups in total. The van der Waals surface area contributed by atoms with Crippen molar-refractivity contribution in [3.8, 4) is 0 Å². The van der Waals surface area contributed by atoms with Gasteiger partial charge in [0, 0.05) is 12.2 Å². The first-order valence-corrected chi connectivity index (χ1v) is 8.19. The van der Waals surface area contributed by atoms with E-state index in [2.05, 4.69) is 43.5 Å². The van der Waals surface area contributed by atoms with Gasteiger partial charge in [-0.2, -0.15) is 5.10 Å². The number of nitrogens with zero attached hydrogens (tertiary/aromatic N) is 2. The largest absolute Gasteiger partial charge is 0.330 e. The molecule has 0 saturated heterocycles. The number of hydrogen-bond acceptors (Lipinski definition) is 2. The lowest BCUT2D eigenvalue weighted by Gasteiger charge is -2.43. The Morgan fingerprint density at radius 3 is 2.35 bits per heavy atom. The van der Waals surface area contributed by atoms with E-state index in [1.54, 1.807) is 0 Å². The van der Waals surface area contributed by atoms with Gasteiger partial charge >= 0.3 is 0 Å². The summed E-state index contributed by atoms with van der Waals surface area (Å²) in [5.41, 5.74) is 9.57. The lowest BCUT2D eigenvalue weighted by atomic mass is 9.63. The normalized spacial score (nSPS) is 21.1. The van der Waals surface area contributed by atoms with Gasteiger partial charge < -0.3 is 5.73 Å². The molecular formula is C17H31N3. The first kappa shape index (κ1) is 15.6. The molecule has 1 heterocycles. The summed E-state index contributed by atoms with van der Waals surface area (Å²) in [6.07, 6.45) is 7.22. The van der Waals surface area contributed by atoms with Crippen LogP contribution in [0.3, 0.4) is 0 Å². The Labute approximate surface area is 123 Å². The molecule has 0 aromatic carbocycles. The fraction of sp³-hybridized carbons (Fsp3) is 0.824. The molecule has 1 fully saturated rings. The molecule has 3 nitrogen and oxygen atoms in total. The van der Waals surface area contributed by atoms with E-state index in [0.29, 0.717) is 10.8 Å². The Morgan fingerprint density at radius 1 is 1.20 bits per heavy atom. The van der Waals surface area contributed by atoms with Crippen molar-refractivity contribution in [1.82, 2.24) is 9.78 Å². The maximum atomic E-state index is 6.18. The molecule has 0 bridgehead atoms.